The Bertz CT molecular complexity index is 943. The Morgan fingerprint density at radius 1 is 1.12 bits per heavy atom. The summed E-state index contributed by atoms with van der Waals surface area (Å²) >= 11 is 5.73. The van der Waals surface area contributed by atoms with E-state index in [1.807, 2.05) is 0 Å². The van der Waals surface area contributed by atoms with Gasteiger partial charge in [0.05, 0.1) is 17.3 Å². The van der Waals surface area contributed by atoms with Gasteiger partial charge in [-0.25, -0.2) is 17.6 Å². The molecule has 25 heavy (non-hydrogen) atoms. The van der Waals surface area contributed by atoms with Crippen LogP contribution >= 0.6 is 11.6 Å². The maximum Gasteiger partial charge on any atom is 0.397 e. The van der Waals surface area contributed by atoms with Crippen molar-refractivity contribution in [2.24, 2.45) is 0 Å². The van der Waals surface area contributed by atoms with Gasteiger partial charge in [0.1, 0.15) is 5.82 Å². The van der Waals surface area contributed by atoms with Gasteiger partial charge in [-0.2, -0.15) is 18.4 Å². The number of halogens is 1. The summed E-state index contributed by atoms with van der Waals surface area (Å²) in [6.45, 7) is 0.951. The lowest BCUT2D eigenvalue weighted by molar-refractivity contribution is 0.284. The molecule has 1 heterocycles. The van der Waals surface area contributed by atoms with Gasteiger partial charge in [-0.05, 0) is 42.8 Å². The molecule has 0 atom stereocenters. The molecule has 0 aliphatic carbocycles. The van der Waals surface area contributed by atoms with E-state index in [1.165, 1.54) is 24.3 Å². The van der Waals surface area contributed by atoms with Crippen molar-refractivity contribution in [3.05, 3.63) is 35.4 Å². The highest BCUT2D eigenvalue weighted by Crippen LogP contribution is 2.18. The molecule has 0 fully saturated rings. The summed E-state index contributed by atoms with van der Waals surface area (Å²) < 4.78 is 57.4. The Balaban J connectivity index is 2.08. The summed E-state index contributed by atoms with van der Waals surface area (Å²) in [4.78, 5) is 11.7. The van der Waals surface area contributed by atoms with Crippen molar-refractivity contribution >= 4 is 43.5 Å². The van der Waals surface area contributed by atoms with Gasteiger partial charge >= 0.3 is 10.4 Å². The van der Waals surface area contributed by atoms with E-state index in [-0.39, 0.29) is 16.1 Å². The average Bonchev–Trinajstić information content (AvgIpc) is 2.45. The summed E-state index contributed by atoms with van der Waals surface area (Å²) in [6, 6.07) is 5.59. The fraction of sp³-hybridized carbons (Fsp3) is 0.250. The van der Waals surface area contributed by atoms with Gasteiger partial charge in [-0.3, -0.25) is 4.55 Å². The van der Waals surface area contributed by atoms with Gasteiger partial charge in [-0.15, -0.1) is 0 Å². The smallest absolute Gasteiger partial charge is 0.324 e. The van der Waals surface area contributed by atoms with Crippen molar-refractivity contribution in [3.63, 3.8) is 0 Å². The Morgan fingerprint density at radius 2 is 1.76 bits per heavy atom. The van der Waals surface area contributed by atoms with Crippen LogP contribution in [0.15, 0.2) is 29.2 Å². The number of nitrogens with one attached hydrogen (secondary N) is 1. The van der Waals surface area contributed by atoms with Gasteiger partial charge in [0, 0.05) is 5.69 Å². The highest BCUT2D eigenvalue weighted by Gasteiger charge is 2.16. The van der Waals surface area contributed by atoms with Crippen LogP contribution in [-0.2, 0) is 24.4 Å². The van der Waals surface area contributed by atoms with Crippen LogP contribution in [0.4, 0.5) is 11.6 Å². The molecule has 0 bridgehead atoms. The lowest BCUT2D eigenvalue weighted by Crippen LogP contribution is -2.15. The summed E-state index contributed by atoms with van der Waals surface area (Å²) in [5.74, 6) is 0.0113. The first-order chi connectivity index (χ1) is 11.5. The zero-order valence-corrected chi connectivity index (χ0v) is 15.1. The Kier molecular flexibility index (Phi) is 5.90. The van der Waals surface area contributed by atoms with Gasteiger partial charge in [-0.1, -0.05) is 0 Å². The molecular weight excluding hydrogens is 396 g/mol. The molecule has 1 aromatic heterocycles. The van der Waals surface area contributed by atoms with Crippen LogP contribution in [0, 0.1) is 6.92 Å². The Morgan fingerprint density at radius 3 is 2.32 bits per heavy atom. The second-order valence-corrected chi connectivity index (χ2v) is 8.23. The summed E-state index contributed by atoms with van der Waals surface area (Å²) in [5.41, 5.74) is 0.509. The highest BCUT2D eigenvalue weighted by atomic mass is 35.5. The molecule has 0 saturated heterocycles. The van der Waals surface area contributed by atoms with Crippen LogP contribution in [0.3, 0.4) is 0 Å². The van der Waals surface area contributed by atoms with Crippen molar-refractivity contribution in [1.29, 1.82) is 0 Å². The number of hydrogen-bond donors (Lipinski definition) is 2. The minimum atomic E-state index is -4.68. The zero-order valence-electron chi connectivity index (χ0n) is 12.7. The summed E-state index contributed by atoms with van der Waals surface area (Å²) in [7, 11) is -8.46. The van der Waals surface area contributed by atoms with Gasteiger partial charge in [0.25, 0.3) is 0 Å². The third kappa shape index (κ3) is 6.17. The van der Waals surface area contributed by atoms with E-state index in [4.69, 9.17) is 16.2 Å². The van der Waals surface area contributed by atoms with E-state index in [9.17, 15) is 16.8 Å². The predicted octanol–water partition coefficient (Wildman–Crippen LogP) is 1.17. The largest absolute Gasteiger partial charge is 0.397 e. The molecule has 0 aliphatic heterocycles. The first-order valence-corrected chi connectivity index (χ1v) is 10.0. The normalized spacial score (nSPS) is 12.1. The van der Waals surface area contributed by atoms with Crippen LogP contribution in [0.2, 0.25) is 5.28 Å². The number of nitrogens with zero attached hydrogens (tertiary/aromatic N) is 3. The molecule has 1 aromatic carbocycles. The predicted molar refractivity (Wildman–Crippen MR) is 88.9 cm³/mol. The van der Waals surface area contributed by atoms with E-state index in [0.717, 1.165) is 0 Å². The maximum atomic E-state index is 12.0. The summed E-state index contributed by atoms with van der Waals surface area (Å²) in [6.07, 6.45) is 0. The van der Waals surface area contributed by atoms with Crippen LogP contribution < -0.4 is 5.32 Å². The molecule has 0 spiro atoms. The molecule has 10 nitrogen and oxygen atoms in total. The number of aryl methyl sites for hydroxylation is 1. The van der Waals surface area contributed by atoms with Gasteiger partial charge < -0.3 is 5.32 Å². The monoisotopic (exact) mass is 408 g/mol. The lowest BCUT2D eigenvalue weighted by Gasteiger charge is -2.07. The number of aromatic nitrogens is 3. The topological polar surface area (TPSA) is 148 Å². The molecule has 0 saturated carbocycles. The molecule has 2 aromatic rings. The summed E-state index contributed by atoms with van der Waals surface area (Å²) in [5, 5.41) is 2.87. The van der Waals surface area contributed by atoms with Crippen molar-refractivity contribution in [1.82, 2.24) is 15.0 Å². The van der Waals surface area contributed by atoms with E-state index < -0.39 is 32.6 Å². The van der Waals surface area contributed by atoms with Gasteiger partial charge in [0.2, 0.25) is 11.2 Å². The molecule has 2 rings (SSSR count). The number of sulfone groups is 1. The molecule has 0 aliphatic rings. The van der Waals surface area contributed by atoms with Crippen molar-refractivity contribution in [3.8, 4) is 0 Å². The Labute approximate surface area is 149 Å². The second-order valence-electron chi connectivity index (χ2n) is 4.69. The maximum absolute atomic E-state index is 12.0. The number of rotatable bonds is 7. The molecular formula is C12H13ClN4O6S2. The Hall–Kier alpha value is -1.86. The van der Waals surface area contributed by atoms with Crippen LogP contribution in [0.25, 0.3) is 0 Å². The molecule has 0 radical (unpaired) electrons. The third-order valence-corrected chi connectivity index (χ3v) is 5.10. The van der Waals surface area contributed by atoms with Crippen molar-refractivity contribution in [2.75, 3.05) is 17.7 Å². The van der Waals surface area contributed by atoms with Gasteiger partial charge in [0.15, 0.2) is 9.84 Å². The highest BCUT2D eigenvalue weighted by molar-refractivity contribution is 7.91. The molecule has 13 heteroatoms. The fourth-order valence-electron chi connectivity index (χ4n) is 1.75. The van der Waals surface area contributed by atoms with E-state index in [2.05, 4.69) is 24.5 Å². The second kappa shape index (κ2) is 7.58. The van der Waals surface area contributed by atoms with E-state index in [0.29, 0.717) is 11.5 Å². The minimum Gasteiger partial charge on any atom is -0.324 e. The fourth-order valence-corrected chi connectivity index (χ4v) is 3.44. The van der Waals surface area contributed by atoms with E-state index >= 15 is 0 Å². The number of hydrogen-bond acceptors (Lipinski definition) is 9. The van der Waals surface area contributed by atoms with Crippen LogP contribution in [-0.4, -0.2) is 48.7 Å². The molecule has 2 N–H and O–H groups in total. The van der Waals surface area contributed by atoms with Crippen molar-refractivity contribution < 1.29 is 25.6 Å². The first kappa shape index (κ1) is 19.5. The minimum absolute atomic E-state index is 0.0213. The zero-order chi connectivity index (χ0) is 18.7. The third-order valence-electron chi connectivity index (χ3n) is 2.77. The van der Waals surface area contributed by atoms with Crippen molar-refractivity contribution in [2.45, 2.75) is 11.8 Å². The number of benzene rings is 1. The first-order valence-electron chi connectivity index (χ1n) is 6.65. The quantitative estimate of drug-likeness (QED) is 0.639. The average molecular weight is 409 g/mol. The standard InChI is InChI=1S/C12H13ClN4O6S2/c1-8-14-11(13)17-12(15-8)16-9-2-4-10(5-3-9)24(18,19)7-6-23-25(20,21)22/h2-5H,6-7H2,1H3,(H,20,21,22)(H,14,15,16,17). The van der Waals surface area contributed by atoms with E-state index in [1.54, 1.807) is 6.92 Å². The van der Waals surface area contributed by atoms with Crippen LogP contribution in [0.1, 0.15) is 5.82 Å². The van der Waals surface area contributed by atoms with Crippen LogP contribution in [0.5, 0.6) is 0 Å². The molecule has 0 amide bonds. The lowest BCUT2D eigenvalue weighted by atomic mass is 10.3. The molecule has 0 unspecified atom stereocenters. The SMILES string of the molecule is Cc1nc(Cl)nc(Nc2ccc(S(=O)(=O)CCOS(=O)(=O)O)cc2)n1. The molecule has 136 valence electrons. The number of anilines is 2.